The predicted molar refractivity (Wildman–Crippen MR) is 66.9 cm³/mol. The Morgan fingerprint density at radius 2 is 2.19 bits per heavy atom. The molecule has 0 radical (unpaired) electrons. The summed E-state index contributed by atoms with van der Waals surface area (Å²) in [5.41, 5.74) is 3.07. The van der Waals surface area contributed by atoms with Crippen LogP contribution < -0.4 is 0 Å². The second-order valence-electron chi connectivity index (χ2n) is 3.53. The van der Waals surface area contributed by atoms with Gasteiger partial charge in [-0.1, -0.05) is 11.6 Å². The molecule has 3 rings (SSSR count). The third-order valence-electron chi connectivity index (χ3n) is 2.32. The van der Waals surface area contributed by atoms with Gasteiger partial charge in [-0.05, 0) is 25.1 Å². The Balaban J connectivity index is 2.17. The molecular weight excluding hydrogens is 242 g/mol. The minimum Gasteiger partial charge on any atom is -0.342 e. The summed E-state index contributed by atoms with van der Waals surface area (Å²) in [4.78, 5) is 11.8. The van der Waals surface area contributed by atoms with Gasteiger partial charge in [-0.15, -0.1) is 11.3 Å². The number of hydrogen-bond acceptors (Lipinski definition) is 3. The summed E-state index contributed by atoms with van der Waals surface area (Å²) >= 11 is 7.35. The van der Waals surface area contributed by atoms with Crippen molar-refractivity contribution in [2.45, 2.75) is 6.92 Å². The number of hydrogen-bond donors (Lipinski definition) is 1. The van der Waals surface area contributed by atoms with Crippen LogP contribution in [0.25, 0.3) is 21.6 Å². The number of nitrogens with zero attached hydrogens (tertiary/aromatic N) is 2. The van der Waals surface area contributed by atoms with E-state index in [2.05, 4.69) is 15.0 Å². The van der Waals surface area contributed by atoms with Crippen LogP contribution in [0.15, 0.2) is 23.6 Å². The number of nitrogens with one attached hydrogen (secondary N) is 1. The predicted octanol–water partition coefficient (Wildman–Crippen LogP) is 3.65. The fraction of sp³-hybridized carbons (Fsp3) is 0.0909. The van der Waals surface area contributed by atoms with Gasteiger partial charge in [0.25, 0.3) is 0 Å². The zero-order valence-corrected chi connectivity index (χ0v) is 10.1. The maximum atomic E-state index is 5.81. The molecule has 80 valence electrons. The third kappa shape index (κ3) is 1.60. The van der Waals surface area contributed by atoms with Crippen LogP contribution in [0.1, 0.15) is 5.82 Å². The summed E-state index contributed by atoms with van der Waals surface area (Å²) in [6.07, 6.45) is 0. The van der Waals surface area contributed by atoms with Crippen LogP contribution in [0, 0.1) is 6.92 Å². The van der Waals surface area contributed by atoms with Crippen molar-refractivity contribution in [2.75, 3.05) is 0 Å². The van der Waals surface area contributed by atoms with Crippen LogP contribution in [0.4, 0.5) is 0 Å². The van der Waals surface area contributed by atoms with Gasteiger partial charge in [0, 0.05) is 10.9 Å². The molecule has 16 heavy (non-hydrogen) atoms. The first-order chi connectivity index (χ1) is 7.72. The Morgan fingerprint density at radius 1 is 1.31 bits per heavy atom. The zero-order valence-electron chi connectivity index (χ0n) is 8.49. The number of imidazole rings is 1. The van der Waals surface area contributed by atoms with E-state index in [0.717, 1.165) is 27.4 Å². The van der Waals surface area contributed by atoms with Crippen LogP contribution in [0.2, 0.25) is 5.15 Å². The molecule has 0 amide bonds. The molecule has 0 fully saturated rings. The van der Waals surface area contributed by atoms with Gasteiger partial charge in [0.15, 0.2) is 0 Å². The molecule has 0 aliphatic carbocycles. The number of aromatic amines is 1. The first-order valence-corrected chi connectivity index (χ1v) is 6.06. The molecule has 2 aromatic heterocycles. The molecule has 0 spiro atoms. The zero-order chi connectivity index (χ0) is 11.1. The van der Waals surface area contributed by atoms with Crippen molar-refractivity contribution < 1.29 is 0 Å². The Morgan fingerprint density at radius 3 is 2.94 bits per heavy atom. The maximum absolute atomic E-state index is 5.81. The van der Waals surface area contributed by atoms with E-state index >= 15 is 0 Å². The molecule has 0 saturated heterocycles. The minimum absolute atomic E-state index is 0.542. The first-order valence-electron chi connectivity index (χ1n) is 4.80. The fourth-order valence-corrected chi connectivity index (χ4v) is 2.60. The number of benzene rings is 1. The lowest BCUT2D eigenvalue weighted by Gasteiger charge is -1.95. The molecule has 2 heterocycles. The van der Waals surface area contributed by atoms with E-state index in [-0.39, 0.29) is 0 Å². The van der Waals surface area contributed by atoms with Gasteiger partial charge in [0.2, 0.25) is 0 Å². The van der Waals surface area contributed by atoms with E-state index in [1.54, 1.807) is 11.3 Å². The van der Waals surface area contributed by atoms with Crippen LogP contribution in [0.5, 0.6) is 0 Å². The number of thiazole rings is 1. The maximum Gasteiger partial charge on any atom is 0.140 e. The van der Waals surface area contributed by atoms with Gasteiger partial charge in [-0.25, -0.2) is 9.97 Å². The lowest BCUT2D eigenvalue weighted by atomic mass is 10.2. The normalized spacial score (nSPS) is 11.1. The average Bonchev–Trinajstić information content (AvgIpc) is 2.81. The summed E-state index contributed by atoms with van der Waals surface area (Å²) in [5, 5.41) is 3.30. The molecule has 0 unspecified atom stereocenters. The molecule has 5 heteroatoms. The highest BCUT2D eigenvalue weighted by atomic mass is 35.5. The molecule has 0 aliphatic rings. The van der Waals surface area contributed by atoms with Crippen molar-refractivity contribution in [3.63, 3.8) is 0 Å². The van der Waals surface area contributed by atoms with E-state index in [1.165, 1.54) is 0 Å². The van der Waals surface area contributed by atoms with Crippen molar-refractivity contribution >= 4 is 34.0 Å². The highest BCUT2D eigenvalue weighted by Crippen LogP contribution is 2.27. The van der Waals surface area contributed by atoms with Gasteiger partial charge in [0.05, 0.1) is 11.0 Å². The van der Waals surface area contributed by atoms with Crippen molar-refractivity contribution in [3.8, 4) is 10.6 Å². The van der Waals surface area contributed by atoms with Crippen molar-refractivity contribution in [3.05, 3.63) is 34.6 Å². The monoisotopic (exact) mass is 249 g/mol. The van der Waals surface area contributed by atoms with E-state index in [9.17, 15) is 0 Å². The molecule has 1 aromatic carbocycles. The van der Waals surface area contributed by atoms with Gasteiger partial charge < -0.3 is 4.98 Å². The van der Waals surface area contributed by atoms with Crippen LogP contribution >= 0.6 is 22.9 Å². The Hall–Kier alpha value is -1.39. The number of aryl methyl sites for hydroxylation is 1. The third-order valence-corrected chi connectivity index (χ3v) is 3.54. The van der Waals surface area contributed by atoms with E-state index in [0.29, 0.717) is 5.15 Å². The lowest BCUT2D eigenvalue weighted by Crippen LogP contribution is -1.76. The largest absolute Gasteiger partial charge is 0.342 e. The first kappa shape index (κ1) is 9.81. The van der Waals surface area contributed by atoms with Gasteiger partial charge >= 0.3 is 0 Å². The number of rotatable bonds is 1. The highest BCUT2D eigenvalue weighted by molar-refractivity contribution is 7.13. The van der Waals surface area contributed by atoms with E-state index in [1.807, 2.05) is 30.5 Å². The number of fused-ring (bicyclic) bond motifs is 1. The molecule has 3 nitrogen and oxygen atoms in total. The Kier molecular flexibility index (Phi) is 2.19. The standard InChI is InChI=1S/C11H8ClN3S/c1-6-13-8-3-2-7(4-9(8)14-6)11-15-10(12)5-16-11/h2-5H,1H3,(H,13,14). The Bertz CT molecular complexity index is 656. The lowest BCUT2D eigenvalue weighted by molar-refractivity contribution is 1.17. The second kappa shape index (κ2) is 3.57. The summed E-state index contributed by atoms with van der Waals surface area (Å²) in [6, 6.07) is 6.05. The number of halogens is 1. The summed E-state index contributed by atoms with van der Waals surface area (Å²) < 4.78 is 0. The molecule has 0 bridgehead atoms. The quantitative estimate of drug-likeness (QED) is 0.715. The molecule has 1 N–H and O–H groups in total. The fourth-order valence-electron chi connectivity index (χ4n) is 1.66. The van der Waals surface area contributed by atoms with Gasteiger partial charge in [-0.3, -0.25) is 0 Å². The molecular formula is C11H8ClN3S. The molecule has 3 aromatic rings. The highest BCUT2D eigenvalue weighted by Gasteiger charge is 2.06. The number of aromatic nitrogens is 3. The molecule has 0 atom stereocenters. The van der Waals surface area contributed by atoms with Gasteiger partial charge in [0.1, 0.15) is 16.0 Å². The van der Waals surface area contributed by atoms with Crippen LogP contribution in [-0.4, -0.2) is 15.0 Å². The molecule has 0 saturated carbocycles. The summed E-state index contributed by atoms with van der Waals surface area (Å²) in [5.74, 6) is 0.921. The van der Waals surface area contributed by atoms with Gasteiger partial charge in [-0.2, -0.15) is 0 Å². The minimum atomic E-state index is 0.542. The number of H-pyrrole nitrogens is 1. The van der Waals surface area contributed by atoms with Crippen molar-refractivity contribution in [1.82, 2.24) is 15.0 Å². The summed E-state index contributed by atoms with van der Waals surface area (Å²) in [6.45, 7) is 1.94. The van der Waals surface area contributed by atoms with Crippen LogP contribution in [-0.2, 0) is 0 Å². The molecule has 0 aliphatic heterocycles. The van der Waals surface area contributed by atoms with Crippen molar-refractivity contribution in [1.29, 1.82) is 0 Å². The van der Waals surface area contributed by atoms with Crippen molar-refractivity contribution in [2.24, 2.45) is 0 Å². The SMILES string of the molecule is Cc1nc2ccc(-c3nc(Cl)cs3)cc2[nH]1. The topological polar surface area (TPSA) is 41.6 Å². The smallest absolute Gasteiger partial charge is 0.140 e. The summed E-state index contributed by atoms with van der Waals surface area (Å²) in [7, 11) is 0. The van der Waals surface area contributed by atoms with E-state index in [4.69, 9.17) is 11.6 Å². The second-order valence-corrected chi connectivity index (χ2v) is 4.77. The Labute approximate surface area is 101 Å². The van der Waals surface area contributed by atoms with E-state index < -0.39 is 0 Å². The average molecular weight is 250 g/mol. The van der Waals surface area contributed by atoms with Crippen LogP contribution in [0.3, 0.4) is 0 Å².